The number of rotatable bonds is 6. The molecule has 5 nitrogen and oxygen atoms in total. The van der Waals surface area contributed by atoms with E-state index in [-0.39, 0.29) is 22.5 Å². The van der Waals surface area contributed by atoms with Crippen molar-refractivity contribution in [2.45, 2.75) is 32.2 Å². The number of nitrogens with two attached hydrogens (primary N) is 2. The van der Waals surface area contributed by atoms with Crippen LogP contribution in [0, 0.1) is 0 Å². The summed E-state index contributed by atoms with van der Waals surface area (Å²) < 4.78 is 0. The smallest absolute Gasteiger partial charge is 0.250 e. The molecule has 2 amide bonds. The summed E-state index contributed by atoms with van der Waals surface area (Å²) in [4.78, 5) is 22.8. The van der Waals surface area contributed by atoms with Crippen LogP contribution in [0.1, 0.15) is 36.5 Å². The van der Waals surface area contributed by atoms with Gasteiger partial charge < -0.3 is 16.8 Å². The first-order valence-electron chi connectivity index (χ1n) is 6.05. The Morgan fingerprint density at radius 3 is 2.68 bits per heavy atom. The second kappa shape index (κ2) is 7.11. The van der Waals surface area contributed by atoms with Gasteiger partial charge in [-0.1, -0.05) is 11.6 Å². The standard InChI is InChI=1S/C13H18ClN3O2/c1-8(15)3-2-4-12(18)17-9-5-6-11(14)10(7-9)13(16)19/h5-8H,2-4,15H2,1H3,(H2,16,19)(H,17,18). The second-order valence-electron chi connectivity index (χ2n) is 4.48. The SMILES string of the molecule is CC(N)CCCC(=O)Nc1ccc(Cl)c(C(N)=O)c1. The molecule has 0 saturated heterocycles. The molecule has 0 aromatic heterocycles. The van der Waals surface area contributed by atoms with Gasteiger partial charge in [-0.15, -0.1) is 0 Å². The Labute approximate surface area is 117 Å². The zero-order valence-electron chi connectivity index (χ0n) is 10.8. The lowest BCUT2D eigenvalue weighted by molar-refractivity contribution is -0.116. The fourth-order valence-corrected chi connectivity index (χ4v) is 1.81. The van der Waals surface area contributed by atoms with E-state index in [4.69, 9.17) is 23.1 Å². The molecule has 1 aromatic carbocycles. The zero-order chi connectivity index (χ0) is 14.4. The molecule has 1 atom stereocenters. The highest BCUT2D eigenvalue weighted by molar-refractivity contribution is 6.33. The molecule has 0 bridgehead atoms. The van der Waals surface area contributed by atoms with E-state index in [9.17, 15) is 9.59 Å². The molecule has 0 radical (unpaired) electrons. The molecular weight excluding hydrogens is 266 g/mol. The fourth-order valence-electron chi connectivity index (χ4n) is 1.60. The molecule has 0 saturated carbocycles. The van der Waals surface area contributed by atoms with Gasteiger partial charge >= 0.3 is 0 Å². The number of halogens is 1. The maximum Gasteiger partial charge on any atom is 0.250 e. The highest BCUT2D eigenvalue weighted by Crippen LogP contribution is 2.20. The van der Waals surface area contributed by atoms with E-state index in [0.29, 0.717) is 12.1 Å². The van der Waals surface area contributed by atoms with Crippen LogP contribution >= 0.6 is 11.6 Å². The minimum atomic E-state index is -0.627. The van der Waals surface area contributed by atoms with Gasteiger partial charge in [0.05, 0.1) is 10.6 Å². The Balaban J connectivity index is 2.60. The van der Waals surface area contributed by atoms with Crippen LogP contribution in [0.3, 0.4) is 0 Å². The molecule has 0 heterocycles. The van der Waals surface area contributed by atoms with Crippen molar-refractivity contribution >= 4 is 29.1 Å². The normalized spacial score (nSPS) is 11.9. The molecule has 0 aliphatic rings. The van der Waals surface area contributed by atoms with E-state index in [1.807, 2.05) is 6.92 Å². The predicted molar refractivity (Wildman–Crippen MR) is 76.1 cm³/mol. The van der Waals surface area contributed by atoms with Crippen LogP contribution in [-0.4, -0.2) is 17.9 Å². The van der Waals surface area contributed by atoms with Crippen molar-refractivity contribution in [3.63, 3.8) is 0 Å². The summed E-state index contributed by atoms with van der Waals surface area (Å²) in [5.41, 5.74) is 11.5. The van der Waals surface area contributed by atoms with Gasteiger partial charge in [0.15, 0.2) is 0 Å². The van der Waals surface area contributed by atoms with E-state index in [1.165, 1.54) is 12.1 Å². The Kier molecular flexibility index (Phi) is 5.79. The van der Waals surface area contributed by atoms with Crippen LogP contribution in [0.4, 0.5) is 5.69 Å². The monoisotopic (exact) mass is 283 g/mol. The highest BCUT2D eigenvalue weighted by atomic mass is 35.5. The molecule has 0 spiro atoms. The molecule has 1 rings (SSSR count). The van der Waals surface area contributed by atoms with Gasteiger partial charge in [0.1, 0.15) is 0 Å². The van der Waals surface area contributed by atoms with Crippen LogP contribution in [0.5, 0.6) is 0 Å². The van der Waals surface area contributed by atoms with Crippen molar-refractivity contribution in [3.8, 4) is 0 Å². The first kappa shape index (κ1) is 15.5. The topological polar surface area (TPSA) is 98.2 Å². The van der Waals surface area contributed by atoms with Crippen molar-refractivity contribution in [3.05, 3.63) is 28.8 Å². The molecule has 1 aromatic rings. The third kappa shape index (κ3) is 5.28. The Morgan fingerprint density at radius 2 is 2.11 bits per heavy atom. The number of carbonyl (C=O) groups excluding carboxylic acids is 2. The van der Waals surface area contributed by atoms with Crippen molar-refractivity contribution in [2.24, 2.45) is 11.5 Å². The van der Waals surface area contributed by atoms with Crippen molar-refractivity contribution in [2.75, 3.05) is 5.32 Å². The van der Waals surface area contributed by atoms with Crippen LogP contribution < -0.4 is 16.8 Å². The zero-order valence-corrected chi connectivity index (χ0v) is 11.5. The average Bonchev–Trinajstić information content (AvgIpc) is 2.30. The van der Waals surface area contributed by atoms with Gasteiger partial charge in [-0.3, -0.25) is 9.59 Å². The fraction of sp³-hybridized carbons (Fsp3) is 0.385. The third-order valence-corrected chi connectivity index (χ3v) is 2.91. The lowest BCUT2D eigenvalue weighted by atomic mass is 10.1. The number of primary amides is 1. The molecule has 1 unspecified atom stereocenters. The minimum Gasteiger partial charge on any atom is -0.366 e. The first-order valence-corrected chi connectivity index (χ1v) is 6.42. The van der Waals surface area contributed by atoms with E-state index in [0.717, 1.165) is 12.8 Å². The summed E-state index contributed by atoms with van der Waals surface area (Å²) in [5, 5.41) is 2.96. The molecule has 104 valence electrons. The Morgan fingerprint density at radius 1 is 1.42 bits per heavy atom. The van der Waals surface area contributed by atoms with Gasteiger partial charge in [0.2, 0.25) is 11.8 Å². The lowest BCUT2D eigenvalue weighted by Gasteiger charge is -2.08. The molecule has 5 N–H and O–H groups in total. The van der Waals surface area contributed by atoms with Gasteiger partial charge in [-0.05, 0) is 38.0 Å². The second-order valence-corrected chi connectivity index (χ2v) is 4.88. The lowest BCUT2D eigenvalue weighted by Crippen LogP contribution is -2.17. The quantitative estimate of drug-likeness (QED) is 0.743. The summed E-state index contributed by atoms with van der Waals surface area (Å²) in [6.45, 7) is 1.90. The third-order valence-electron chi connectivity index (χ3n) is 2.58. The average molecular weight is 284 g/mol. The minimum absolute atomic E-state index is 0.0878. The van der Waals surface area contributed by atoms with E-state index in [1.54, 1.807) is 6.07 Å². The van der Waals surface area contributed by atoms with Crippen molar-refractivity contribution in [1.82, 2.24) is 0 Å². The number of hydrogen-bond acceptors (Lipinski definition) is 3. The largest absolute Gasteiger partial charge is 0.366 e. The summed E-state index contributed by atoms with van der Waals surface area (Å²) >= 11 is 5.82. The molecule has 19 heavy (non-hydrogen) atoms. The number of hydrogen-bond donors (Lipinski definition) is 3. The number of nitrogens with one attached hydrogen (secondary N) is 1. The summed E-state index contributed by atoms with van der Waals surface area (Å²) in [5.74, 6) is -0.753. The summed E-state index contributed by atoms with van der Waals surface area (Å²) in [6, 6.07) is 4.70. The molecular formula is C13H18ClN3O2. The maximum atomic E-state index is 11.7. The summed E-state index contributed by atoms with van der Waals surface area (Å²) in [7, 11) is 0. The number of anilines is 1. The Bertz CT molecular complexity index is 475. The van der Waals surface area contributed by atoms with Crippen molar-refractivity contribution in [1.29, 1.82) is 0 Å². The van der Waals surface area contributed by atoms with Crippen LogP contribution in [0.15, 0.2) is 18.2 Å². The molecule has 0 aliphatic heterocycles. The van der Waals surface area contributed by atoms with Crippen LogP contribution in [0.25, 0.3) is 0 Å². The summed E-state index contributed by atoms with van der Waals surface area (Å²) in [6.07, 6.45) is 1.90. The first-order chi connectivity index (χ1) is 8.90. The number of amides is 2. The highest BCUT2D eigenvalue weighted by Gasteiger charge is 2.09. The molecule has 6 heteroatoms. The number of carbonyl (C=O) groups is 2. The van der Waals surface area contributed by atoms with Gasteiger partial charge in [0, 0.05) is 18.2 Å². The van der Waals surface area contributed by atoms with Crippen LogP contribution in [0.2, 0.25) is 5.02 Å². The van der Waals surface area contributed by atoms with Crippen LogP contribution in [-0.2, 0) is 4.79 Å². The van der Waals surface area contributed by atoms with E-state index < -0.39 is 5.91 Å². The van der Waals surface area contributed by atoms with Gasteiger partial charge in [-0.2, -0.15) is 0 Å². The van der Waals surface area contributed by atoms with E-state index >= 15 is 0 Å². The predicted octanol–water partition coefficient (Wildman–Crippen LogP) is 1.89. The van der Waals surface area contributed by atoms with Gasteiger partial charge in [-0.25, -0.2) is 0 Å². The molecule has 0 fully saturated rings. The van der Waals surface area contributed by atoms with Crippen molar-refractivity contribution < 1.29 is 9.59 Å². The maximum absolute atomic E-state index is 11.7. The molecule has 0 aliphatic carbocycles. The van der Waals surface area contributed by atoms with E-state index in [2.05, 4.69) is 5.32 Å². The van der Waals surface area contributed by atoms with Gasteiger partial charge in [0.25, 0.3) is 0 Å². The number of benzene rings is 1. The Hall–Kier alpha value is -1.59.